The maximum atomic E-state index is 13.1. The summed E-state index contributed by atoms with van der Waals surface area (Å²) in [5.41, 5.74) is 3.07. The van der Waals surface area contributed by atoms with Gasteiger partial charge in [0, 0.05) is 43.5 Å². The molecular weight excluding hydrogens is 338 g/mol. The molecule has 6 heteroatoms. The van der Waals surface area contributed by atoms with Crippen LogP contribution in [-0.4, -0.2) is 62.7 Å². The maximum Gasteiger partial charge on any atom is 0.253 e. The van der Waals surface area contributed by atoms with Crippen molar-refractivity contribution in [1.29, 1.82) is 0 Å². The van der Waals surface area contributed by atoms with E-state index in [2.05, 4.69) is 39.9 Å². The normalized spacial score (nSPS) is 22.5. The largest absolute Gasteiger partial charge is 0.337 e. The summed E-state index contributed by atoms with van der Waals surface area (Å²) in [4.78, 5) is 17.7. The summed E-state index contributed by atoms with van der Waals surface area (Å²) >= 11 is 0. The molecule has 1 aromatic carbocycles. The predicted octanol–water partition coefficient (Wildman–Crippen LogP) is 2.77. The molecule has 27 heavy (non-hydrogen) atoms. The van der Waals surface area contributed by atoms with Gasteiger partial charge in [0.05, 0.1) is 0 Å². The number of nitrogens with zero attached hydrogens (tertiary/aromatic N) is 5. The molecule has 0 unspecified atom stereocenters. The molecule has 0 saturated carbocycles. The van der Waals surface area contributed by atoms with Crippen LogP contribution in [0.5, 0.6) is 0 Å². The molecule has 2 aromatic rings. The van der Waals surface area contributed by atoms with E-state index in [9.17, 15) is 4.79 Å². The first-order chi connectivity index (χ1) is 13.1. The third kappa shape index (κ3) is 3.95. The standard InChI is InChI=1S/C21H27N5O/c1-16(2)9-10-24-11-17-3-6-20(24)13-25(12-17)21(27)18-4-7-19(8-5-18)26-14-22-23-15-26/h4-5,7-9,14-15,17,20H,3,6,10-13H2,1-2H3/t17-,20-/m0/s1. The molecule has 3 fully saturated rings. The highest BCUT2D eigenvalue weighted by Gasteiger charge is 2.36. The van der Waals surface area contributed by atoms with Crippen LogP contribution in [0.15, 0.2) is 48.6 Å². The Morgan fingerprint density at radius 1 is 1.07 bits per heavy atom. The lowest BCUT2D eigenvalue weighted by Gasteiger charge is -2.35. The first-order valence-corrected chi connectivity index (χ1v) is 9.72. The van der Waals surface area contributed by atoms with Gasteiger partial charge in [-0.25, -0.2) is 0 Å². The molecule has 0 aliphatic carbocycles. The number of benzene rings is 1. The van der Waals surface area contributed by atoms with Gasteiger partial charge in [0.25, 0.3) is 5.91 Å². The van der Waals surface area contributed by atoms with E-state index in [-0.39, 0.29) is 5.91 Å². The van der Waals surface area contributed by atoms with Gasteiger partial charge in [0.15, 0.2) is 0 Å². The summed E-state index contributed by atoms with van der Waals surface area (Å²) < 4.78 is 1.83. The van der Waals surface area contributed by atoms with Gasteiger partial charge in [-0.05, 0) is 56.9 Å². The van der Waals surface area contributed by atoms with Crippen LogP contribution in [0.25, 0.3) is 5.69 Å². The zero-order valence-corrected chi connectivity index (χ0v) is 16.1. The highest BCUT2D eigenvalue weighted by molar-refractivity contribution is 5.94. The monoisotopic (exact) mass is 365 g/mol. The van der Waals surface area contributed by atoms with E-state index >= 15 is 0 Å². The third-order valence-electron chi connectivity index (χ3n) is 5.68. The Morgan fingerprint density at radius 3 is 2.52 bits per heavy atom. The van der Waals surface area contributed by atoms with Gasteiger partial charge < -0.3 is 4.90 Å². The third-order valence-corrected chi connectivity index (χ3v) is 5.68. The zero-order valence-electron chi connectivity index (χ0n) is 16.1. The smallest absolute Gasteiger partial charge is 0.253 e. The molecule has 2 atom stereocenters. The van der Waals surface area contributed by atoms with Gasteiger partial charge in [-0.2, -0.15) is 0 Å². The van der Waals surface area contributed by atoms with Crippen molar-refractivity contribution in [2.75, 3.05) is 26.2 Å². The number of aromatic nitrogens is 3. The van der Waals surface area contributed by atoms with Crippen LogP contribution in [0.2, 0.25) is 0 Å². The van der Waals surface area contributed by atoms with Crippen LogP contribution in [0.4, 0.5) is 0 Å². The topological polar surface area (TPSA) is 54.3 Å². The van der Waals surface area contributed by atoms with E-state index < -0.39 is 0 Å². The molecule has 6 nitrogen and oxygen atoms in total. The highest BCUT2D eigenvalue weighted by atomic mass is 16.2. The van der Waals surface area contributed by atoms with E-state index in [1.807, 2.05) is 28.8 Å². The second kappa shape index (κ2) is 7.64. The number of carbonyl (C=O) groups excluding carboxylic acids is 1. The molecule has 1 aromatic heterocycles. The lowest BCUT2D eigenvalue weighted by atomic mass is 9.95. The van der Waals surface area contributed by atoms with Crippen molar-refractivity contribution in [3.63, 3.8) is 0 Å². The quantitative estimate of drug-likeness (QED) is 0.782. The average Bonchev–Trinajstić information content (AvgIpc) is 3.06. The lowest BCUT2D eigenvalue weighted by Crippen LogP contribution is -2.44. The summed E-state index contributed by atoms with van der Waals surface area (Å²) in [6.45, 7) is 8.10. The van der Waals surface area contributed by atoms with Crippen LogP contribution >= 0.6 is 0 Å². The minimum absolute atomic E-state index is 0.145. The summed E-state index contributed by atoms with van der Waals surface area (Å²) in [6, 6.07) is 8.19. The van der Waals surface area contributed by atoms with Crippen LogP contribution in [0.1, 0.15) is 37.0 Å². The Hall–Kier alpha value is -2.47. The summed E-state index contributed by atoms with van der Waals surface area (Å²) in [5, 5.41) is 7.65. The Kier molecular flexibility index (Phi) is 5.07. The van der Waals surface area contributed by atoms with Crippen molar-refractivity contribution in [3.05, 3.63) is 54.1 Å². The number of carbonyl (C=O) groups is 1. The molecule has 0 radical (unpaired) electrons. The van der Waals surface area contributed by atoms with Gasteiger partial charge in [-0.3, -0.25) is 14.3 Å². The fraction of sp³-hybridized carbons (Fsp3) is 0.476. The molecule has 3 aliphatic rings. The number of hydrogen-bond donors (Lipinski definition) is 0. The molecule has 5 rings (SSSR count). The second-order valence-corrected chi connectivity index (χ2v) is 7.96. The van der Waals surface area contributed by atoms with Crippen LogP contribution < -0.4 is 0 Å². The number of allylic oxidation sites excluding steroid dienone is 1. The Morgan fingerprint density at radius 2 is 1.81 bits per heavy atom. The van der Waals surface area contributed by atoms with Crippen molar-refractivity contribution >= 4 is 5.91 Å². The molecule has 1 amide bonds. The minimum Gasteiger partial charge on any atom is -0.337 e. The summed E-state index contributed by atoms with van der Waals surface area (Å²) in [5.74, 6) is 0.723. The fourth-order valence-electron chi connectivity index (χ4n) is 4.16. The number of hydrogen-bond acceptors (Lipinski definition) is 4. The highest BCUT2D eigenvalue weighted by Crippen LogP contribution is 2.29. The molecule has 3 saturated heterocycles. The second-order valence-electron chi connectivity index (χ2n) is 7.96. The van der Waals surface area contributed by atoms with Gasteiger partial charge in [0.1, 0.15) is 12.7 Å². The maximum absolute atomic E-state index is 13.1. The van der Waals surface area contributed by atoms with Crippen LogP contribution in [0, 0.1) is 5.92 Å². The Labute approximate surface area is 160 Å². The molecular formula is C21H27N5O. The van der Waals surface area contributed by atoms with Gasteiger partial charge in [0.2, 0.25) is 0 Å². The molecule has 0 spiro atoms. The predicted molar refractivity (Wildman–Crippen MR) is 105 cm³/mol. The van der Waals surface area contributed by atoms with Gasteiger partial charge in [-0.15, -0.1) is 10.2 Å². The molecule has 0 N–H and O–H groups in total. The molecule has 2 bridgehead atoms. The zero-order chi connectivity index (χ0) is 18.8. The Bertz CT molecular complexity index is 808. The van der Waals surface area contributed by atoms with Crippen LogP contribution in [0.3, 0.4) is 0 Å². The van der Waals surface area contributed by atoms with Crippen LogP contribution in [-0.2, 0) is 0 Å². The molecule has 142 valence electrons. The number of fused-ring (bicyclic) bond motifs is 4. The number of rotatable bonds is 4. The van der Waals surface area contributed by atoms with E-state index in [1.54, 1.807) is 12.7 Å². The minimum atomic E-state index is 0.145. The fourth-order valence-corrected chi connectivity index (χ4v) is 4.16. The molecule has 3 aliphatic heterocycles. The summed E-state index contributed by atoms with van der Waals surface area (Å²) in [6.07, 6.45) is 8.04. The lowest BCUT2D eigenvalue weighted by molar-refractivity contribution is 0.0740. The first kappa shape index (κ1) is 17.9. The van der Waals surface area contributed by atoms with Crippen molar-refractivity contribution in [2.24, 2.45) is 5.92 Å². The van der Waals surface area contributed by atoms with Crippen molar-refractivity contribution in [1.82, 2.24) is 24.6 Å². The molecule has 4 heterocycles. The van der Waals surface area contributed by atoms with E-state index in [0.29, 0.717) is 12.0 Å². The first-order valence-electron chi connectivity index (χ1n) is 9.72. The van der Waals surface area contributed by atoms with Crippen molar-refractivity contribution in [2.45, 2.75) is 32.7 Å². The average molecular weight is 365 g/mol. The Balaban J connectivity index is 1.47. The SMILES string of the molecule is CC(C)=CCN1C[C@@H]2CC[C@H]1CN(C(=O)c1ccc(-n3cnnc3)cc1)C2. The van der Waals surface area contributed by atoms with Gasteiger partial charge >= 0.3 is 0 Å². The van der Waals surface area contributed by atoms with Gasteiger partial charge in [-0.1, -0.05) is 11.6 Å². The number of amides is 1. The number of piperidine rings is 1. The van der Waals surface area contributed by atoms with Crippen molar-refractivity contribution < 1.29 is 4.79 Å². The van der Waals surface area contributed by atoms with E-state index in [1.165, 1.54) is 18.4 Å². The van der Waals surface area contributed by atoms with E-state index in [0.717, 1.165) is 37.4 Å². The van der Waals surface area contributed by atoms with E-state index in [4.69, 9.17) is 0 Å². The summed E-state index contributed by atoms with van der Waals surface area (Å²) in [7, 11) is 0. The van der Waals surface area contributed by atoms with Crippen molar-refractivity contribution in [3.8, 4) is 5.69 Å².